The number of benzene rings is 3. The number of hydrogen-bond donors (Lipinski definition) is 0. The topological polar surface area (TPSA) is 12.9 Å². The lowest BCUT2D eigenvalue weighted by Gasteiger charge is -2.05. The SMILES string of the molecule is c1ccc2cc3c(ccc4ccncc43)cc2c1. The first kappa shape index (κ1) is 9.60. The molecule has 0 saturated heterocycles. The van der Waals surface area contributed by atoms with Crippen molar-refractivity contribution in [2.75, 3.05) is 0 Å². The van der Waals surface area contributed by atoms with Gasteiger partial charge < -0.3 is 0 Å². The van der Waals surface area contributed by atoms with Gasteiger partial charge in [0.15, 0.2) is 0 Å². The summed E-state index contributed by atoms with van der Waals surface area (Å²) in [6, 6.07) is 19.4. The third kappa shape index (κ3) is 1.31. The number of pyridine rings is 1. The van der Waals surface area contributed by atoms with Gasteiger partial charge in [-0.05, 0) is 45.1 Å². The van der Waals surface area contributed by atoms with Gasteiger partial charge in [0.2, 0.25) is 0 Å². The number of aromatic nitrogens is 1. The van der Waals surface area contributed by atoms with Crippen LogP contribution in [0.25, 0.3) is 32.3 Å². The minimum atomic E-state index is 1.22. The molecule has 0 unspecified atom stereocenters. The summed E-state index contributed by atoms with van der Waals surface area (Å²) in [6.45, 7) is 0. The fourth-order valence-corrected chi connectivity index (χ4v) is 2.58. The van der Waals surface area contributed by atoms with Crippen LogP contribution in [-0.2, 0) is 0 Å². The number of rotatable bonds is 0. The number of hydrogen-bond acceptors (Lipinski definition) is 1. The maximum Gasteiger partial charge on any atom is 0.0352 e. The molecule has 18 heavy (non-hydrogen) atoms. The zero-order valence-electron chi connectivity index (χ0n) is 9.80. The van der Waals surface area contributed by atoms with Gasteiger partial charge in [0.1, 0.15) is 0 Å². The Balaban J connectivity index is 2.27. The minimum absolute atomic E-state index is 1.22. The van der Waals surface area contributed by atoms with Gasteiger partial charge in [-0.15, -0.1) is 0 Å². The molecule has 0 N–H and O–H groups in total. The predicted octanol–water partition coefficient (Wildman–Crippen LogP) is 4.54. The third-order valence-electron chi connectivity index (χ3n) is 3.51. The van der Waals surface area contributed by atoms with Gasteiger partial charge in [0.05, 0.1) is 0 Å². The molecule has 84 valence electrons. The van der Waals surface area contributed by atoms with Gasteiger partial charge in [0, 0.05) is 17.8 Å². The molecule has 0 aliphatic heterocycles. The first-order valence-electron chi connectivity index (χ1n) is 6.07. The molecule has 0 saturated carbocycles. The maximum absolute atomic E-state index is 4.24. The van der Waals surface area contributed by atoms with Crippen LogP contribution < -0.4 is 0 Å². The van der Waals surface area contributed by atoms with Crippen LogP contribution in [-0.4, -0.2) is 4.98 Å². The van der Waals surface area contributed by atoms with Crippen LogP contribution in [0.5, 0.6) is 0 Å². The molecule has 4 aromatic rings. The van der Waals surface area contributed by atoms with Crippen molar-refractivity contribution in [1.82, 2.24) is 4.98 Å². The average Bonchev–Trinajstić information content (AvgIpc) is 2.45. The molecule has 1 heteroatoms. The summed E-state index contributed by atoms with van der Waals surface area (Å²) < 4.78 is 0. The van der Waals surface area contributed by atoms with Crippen molar-refractivity contribution < 1.29 is 0 Å². The van der Waals surface area contributed by atoms with Gasteiger partial charge in [-0.2, -0.15) is 0 Å². The highest BCUT2D eigenvalue weighted by Gasteiger charge is 2.02. The summed E-state index contributed by atoms with van der Waals surface area (Å²) in [4.78, 5) is 4.24. The molecule has 0 bridgehead atoms. The largest absolute Gasteiger partial charge is 0.264 e. The van der Waals surface area contributed by atoms with Crippen LogP contribution in [0.1, 0.15) is 0 Å². The highest BCUT2D eigenvalue weighted by Crippen LogP contribution is 2.28. The summed E-state index contributed by atoms with van der Waals surface area (Å²) in [7, 11) is 0. The Bertz CT molecular complexity index is 872. The molecule has 0 spiro atoms. The molecular weight excluding hydrogens is 218 g/mol. The molecule has 0 amide bonds. The van der Waals surface area contributed by atoms with Gasteiger partial charge in [-0.3, -0.25) is 4.98 Å². The van der Waals surface area contributed by atoms with Crippen molar-refractivity contribution >= 4 is 32.3 Å². The van der Waals surface area contributed by atoms with Gasteiger partial charge in [-0.1, -0.05) is 36.4 Å². The van der Waals surface area contributed by atoms with E-state index < -0.39 is 0 Å². The van der Waals surface area contributed by atoms with Crippen molar-refractivity contribution in [1.29, 1.82) is 0 Å². The molecule has 0 radical (unpaired) electrons. The van der Waals surface area contributed by atoms with Crippen LogP contribution in [0.4, 0.5) is 0 Å². The zero-order chi connectivity index (χ0) is 11.9. The summed E-state index contributed by atoms with van der Waals surface area (Å²) in [6.07, 6.45) is 3.79. The van der Waals surface area contributed by atoms with E-state index in [2.05, 4.69) is 59.6 Å². The van der Waals surface area contributed by atoms with E-state index in [9.17, 15) is 0 Å². The van der Waals surface area contributed by atoms with E-state index in [1.165, 1.54) is 32.3 Å². The zero-order valence-corrected chi connectivity index (χ0v) is 9.80. The summed E-state index contributed by atoms with van der Waals surface area (Å²) in [5.74, 6) is 0. The highest BCUT2D eigenvalue weighted by molar-refractivity contribution is 6.11. The molecule has 3 aromatic carbocycles. The second-order valence-corrected chi connectivity index (χ2v) is 4.58. The quantitative estimate of drug-likeness (QED) is 0.318. The summed E-state index contributed by atoms with van der Waals surface area (Å²) in [5.41, 5.74) is 0. The molecule has 0 aliphatic carbocycles. The molecular formula is C17H11N. The first-order valence-corrected chi connectivity index (χ1v) is 6.07. The molecule has 0 atom stereocenters. The van der Waals surface area contributed by atoms with Crippen LogP contribution >= 0.6 is 0 Å². The predicted molar refractivity (Wildman–Crippen MR) is 76.8 cm³/mol. The highest BCUT2D eigenvalue weighted by atomic mass is 14.6. The van der Waals surface area contributed by atoms with Crippen LogP contribution in [0.15, 0.2) is 67.0 Å². The Morgan fingerprint density at radius 3 is 2.28 bits per heavy atom. The second kappa shape index (κ2) is 3.54. The van der Waals surface area contributed by atoms with E-state index in [-0.39, 0.29) is 0 Å². The van der Waals surface area contributed by atoms with E-state index in [0.717, 1.165) is 0 Å². The molecule has 1 heterocycles. The second-order valence-electron chi connectivity index (χ2n) is 4.58. The molecule has 0 aliphatic rings. The van der Waals surface area contributed by atoms with E-state index in [4.69, 9.17) is 0 Å². The van der Waals surface area contributed by atoms with E-state index in [0.29, 0.717) is 0 Å². The van der Waals surface area contributed by atoms with Crippen LogP contribution in [0.3, 0.4) is 0 Å². The lowest BCUT2D eigenvalue weighted by Crippen LogP contribution is -1.80. The normalized spacial score (nSPS) is 11.3. The third-order valence-corrected chi connectivity index (χ3v) is 3.51. The fourth-order valence-electron chi connectivity index (χ4n) is 2.58. The van der Waals surface area contributed by atoms with Gasteiger partial charge in [0.25, 0.3) is 0 Å². The van der Waals surface area contributed by atoms with Crippen molar-refractivity contribution in [3.8, 4) is 0 Å². The van der Waals surface area contributed by atoms with E-state index in [1.54, 1.807) is 0 Å². The Morgan fingerprint density at radius 1 is 0.611 bits per heavy atom. The number of fused-ring (bicyclic) bond motifs is 4. The Labute approximate surface area is 105 Å². The lowest BCUT2D eigenvalue weighted by atomic mass is 10.00. The lowest BCUT2D eigenvalue weighted by molar-refractivity contribution is 1.37. The molecule has 1 nitrogen and oxygen atoms in total. The van der Waals surface area contributed by atoms with Gasteiger partial charge in [-0.25, -0.2) is 0 Å². The maximum atomic E-state index is 4.24. The van der Waals surface area contributed by atoms with E-state index >= 15 is 0 Å². The van der Waals surface area contributed by atoms with E-state index in [1.807, 2.05) is 12.4 Å². The van der Waals surface area contributed by atoms with Crippen molar-refractivity contribution in [3.05, 3.63) is 67.0 Å². The summed E-state index contributed by atoms with van der Waals surface area (Å²) >= 11 is 0. The molecule has 4 rings (SSSR count). The Kier molecular flexibility index (Phi) is 1.89. The molecule has 1 aromatic heterocycles. The minimum Gasteiger partial charge on any atom is -0.264 e. The monoisotopic (exact) mass is 229 g/mol. The van der Waals surface area contributed by atoms with Crippen molar-refractivity contribution in [2.45, 2.75) is 0 Å². The standard InChI is InChI=1S/C17H11N/c1-2-4-14-10-16-15(9-13(14)3-1)6-5-12-7-8-18-11-17(12)16/h1-11H. The summed E-state index contributed by atoms with van der Waals surface area (Å²) in [5, 5.41) is 7.58. The molecule has 0 fully saturated rings. The smallest absolute Gasteiger partial charge is 0.0352 e. The number of nitrogens with zero attached hydrogens (tertiary/aromatic N) is 1. The van der Waals surface area contributed by atoms with Crippen molar-refractivity contribution in [2.24, 2.45) is 0 Å². The Hall–Kier alpha value is -2.41. The average molecular weight is 229 g/mol. The fraction of sp³-hybridized carbons (Fsp3) is 0. The van der Waals surface area contributed by atoms with Crippen molar-refractivity contribution in [3.63, 3.8) is 0 Å². The van der Waals surface area contributed by atoms with Crippen LogP contribution in [0, 0.1) is 0 Å². The Morgan fingerprint density at radius 2 is 1.39 bits per heavy atom. The first-order chi connectivity index (χ1) is 8.92. The van der Waals surface area contributed by atoms with Gasteiger partial charge >= 0.3 is 0 Å². The van der Waals surface area contributed by atoms with Crippen LogP contribution in [0.2, 0.25) is 0 Å².